The van der Waals surface area contributed by atoms with Gasteiger partial charge in [0, 0.05) is 0 Å². The summed E-state index contributed by atoms with van der Waals surface area (Å²) in [5.74, 6) is 2.27. The van der Waals surface area contributed by atoms with E-state index in [1.54, 1.807) is 0 Å². The first-order valence-electron chi connectivity index (χ1n) is 8.91. The molecule has 4 heteroatoms. The van der Waals surface area contributed by atoms with E-state index in [1.807, 2.05) is 103 Å². The van der Waals surface area contributed by atoms with Crippen LogP contribution in [0.1, 0.15) is 0 Å². The van der Waals surface area contributed by atoms with Gasteiger partial charge in [-0.2, -0.15) is 0 Å². The Balaban J connectivity index is 1.76. The van der Waals surface area contributed by atoms with Gasteiger partial charge in [-0.1, -0.05) is 0 Å². The topological polar surface area (TPSA) is 27.7 Å². The number of allylic oxidation sites excluding steroid dienone is 4. The average molecular weight is 436 g/mol. The van der Waals surface area contributed by atoms with Crippen molar-refractivity contribution in [3.63, 3.8) is 0 Å². The average Bonchev–Trinajstić information content (AvgIpc) is 3.26. The minimum absolute atomic E-state index is 0.0140. The molecule has 0 amide bonds. The number of hydrogen-bond donors (Lipinski definition) is 0. The maximum atomic E-state index is 6.56. The molecule has 27 heavy (non-hydrogen) atoms. The summed E-state index contributed by atoms with van der Waals surface area (Å²) in [6.45, 7) is 0. The van der Waals surface area contributed by atoms with Crippen molar-refractivity contribution >= 4 is 0 Å². The first kappa shape index (κ1) is 17.8. The second-order valence-corrected chi connectivity index (χ2v) is 12.3. The number of rotatable bonds is 7. The molecule has 0 aromatic heterocycles. The van der Waals surface area contributed by atoms with Crippen LogP contribution in [-0.2, 0) is 21.6 Å². The van der Waals surface area contributed by atoms with E-state index in [0.29, 0.717) is 0 Å². The van der Waals surface area contributed by atoms with Crippen molar-refractivity contribution in [2.75, 3.05) is 0 Å². The molecule has 0 bridgehead atoms. The Morgan fingerprint density at radius 2 is 0.815 bits per heavy atom. The third kappa shape index (κ3) is 4.40. The van der Waals surface area contributed by atoms with Crippen molar-refractivity contribution in [3.8, 4) is 17.2 Å². The molecule has 0 unspecified atom stereocenters. The van der Waals surface area contributed by atoms with Crippen molar-refractivity contribution in [1.29, 1.82) is 0 Å². The number of hydrogen-bond acceptors (Lipinski definition) is 3. The molecule has 3 nitrogen and oxygen atoms in total. The predicted molar refractivity (Wildman–Crippen MR) is 103 cm³/mol. The van der Waals surface area contributed by atoms with E-state index in [1.165, 1.54) is 0 Å². The third-order valence-corrected chi connectivity index (χ3v) is 11.0. The van der Waals surface area contributed by atoms with Gasteiger partial charge in [-0.3, -0.25) is 0 Å². The van der Waals surface area contributed by atoms with Crippen LogP contribution in [0.2, 0.25) is 3.63 Å². The van der Waals surface area contributed by atoms with Crippen molar-refractivity contribution in [1.82, 2.24) is 0 Å². The second-order valence-electron chi connectivity index (χ2n) is 6.14. The second kappa shape index (κ2) is 8.41. The Hall–Kier alpha value is -2.58. The molecule has 134 valence electrons. The molecule has 1 aliphatic rings. The Morgan fingerprint density at radius 1 is 0.481 bits per heavy atom. The van der Waals surface area contributed by atoms with Gasteiger partial charge in [-0.25, -0.2) is 0 Å². The van der Waals surface area contributed by atoms with Gasteiger partial charge in [0.25, 0.3) is 0 Å². The molecule has 0 heterocycles. The Bertz CT molecular complexity index is 795. The zero-order valence-corrected chi connectivity index (χ0v) is 17.2. The maximum absolute atomic E-state index is 6.56. The fraction of sp³-hybridized carbons (Fsp3) is 0.0435. The zero-order chi connectivity index (χ0) is 18.4. The number of benzene rings is 3. The van der Waals surface area contributed by atoms with Crippen LogP contribution >= 0.6 is 0 Å². The van der Waals surface area contributed by atoms with Crippen molar-refractivity contribution in [3.05, 3.63) is 115 Å². The number of para-hydroxylation sites is 3. The molecule has 4 rings (SSSR count). The Kier molecular flexibility index (Phi) is 5.55. The Labute approximate surface area is 165 Å². The quantitative estimate of drug-likeness (QED) is 0.453. The zero-order valence-electron chi connectivity index (χ0n) is 14.8. The summed E-state index contributed by atoms with van der Waals surface area (Å²) in [4.78, 5) is 0. The van der Waals surface area contributed by atoms with Crippen LogP contribution in [0.3, 0.4) is 0 Å². The summed E-state index contributed by atoms with van der Waals surface area (Å²) in [5.41, 5.74) is 0. The van der Waals surface area contributed by atoms with Crippen LogP contribution in [-0.4, -0.2) is 0 Å². The normalized spacial score (nSPS) is 13.5. The van der Waals surface area contributed by atoms with Crippen molar-refractivity contribution in [2.24, 2.45) is 0 Å². The molecular formula is C23H20O3Zr. The van der Waals surface area contributed by atoms with Gasteiger partial charge < -0.3 is 0 Å². The van der Waals surface area contributed by atoms with Gasteiger partial charge >= 0.3 is 166 Å². The molecule has 0 aliphatic heterocycles. The van der Waals surface area contributed by atoms with E-state index < -0.39 is 21.6 Å². The van der Waals surface area contributed by atoms with E-state index in [9.17, 15) is 0 Å². The molecule has 0 radical (unpaired) electrons. The monoisotopic (exact) mass is 434 g/mol. The fourth-order valence-corrected chi connectivity index (χ4v) is 9.33. The summed E-state index contributed by atoms with van der Waals surface area (Å²) in [5, 5.41) is 0. The van der Waals surface area contributed by atoms with Crippen LogP contribution in [0.4, 0.5) is 0 Å². The summed E-state index contributed by atoms with van der Waals surface area (Å²) < 4.78 is 19.7. The van der Waals surface area contributed by atoms with Gasteiger partial charge in [0.2, 0.25) is 0 Å². The first-order chi connectivity index (χ1) is 13.3. The summed E-state index contributed by atoms with van der Waals surface area (Å²) in [6, 6.07) is 29.3. The van der Waals surface area contributed by atoms with E-state index >= 15 is 0 Å². The summed E-state index contributed by atoms with van der Waals surface area (Å²) in [6.07, 6.45) is 8.25. The van der Waals surface area contributed by atoms with Crippen LogP contribution in [0.5, 0.6) is 17.2 Å². The molecule has 1 aliphatic carbocycles. The van der Waals surface area contributed by atoms with E-state index in [2.05, 4.69) is 12.2 Å². The van der Waals surface area contributed by atoms with Gasteiger partial charge in [0.1, 0.15) is 0 Å². The molecule has 0 saturated carbocycles. The van der Waals surface area contributed by atoms with E-state index in [4.69, 9.17) is 8.44 Å². The van der Waals surface area contributed by atoms with Gasteiger partial charge in [0.15, 0.2) is 0 Å². The van der Waals surface area contributed by atoms with Crippen LogP contribution in [0.25, 0.3) is 0 Å². The van der Waals surface area contributed by atoms with Gasteiger partial charge in [-0.05, 0) is 0 Å². The van der Waals surface area contributed by atoms with Crippen LogP contribution < -0.4 is 8.44 Å². The molecule has 0 spiro atoms. The van der Waals surface area contributed by atoms with Crippen LogP contribution in [0.15, 0.2) is 115 Å². The standard InChI is InChI=1S/3C6H6O.C5H5.Zr/c3*7-6-4-2-1-3-5-6;1-2-4-5-3-1;/h3*1-5,7H;1-5H;/q;;;;+3/p-3. The molecule has 3 aromatic carbocycles. The van der Waals surface area contributed by atoms with Crippen LogP contribution in [0, 0.1) is 0 Å². The molecule has 0 N–H and O–H groups in total. The molecule has 0 atom stereocenters. The van der Waals surface area contributed by atoms with Gasteiger partial charge in [-0.15, -0.1) is 0 Å². The molecular weight excluding hydrogens is 415 g/mol. The minimum atomic E-state index is -4.22. The van der Waals surface area contributed by atoms with Crippen molar-refractivity contribution in [2.45, 2.75) is 3.63 Å². The fourth-order valence-electron chi connectivity index (χ4n) is 2.89. The SMILES string of the molecule is C1=C[CH]([Zr]([O]c2ccccc2)([O]c2ccccc2)[O]c2ccccc2)C=C1. The van der Waals surface area contributed by atoms with Gasteiger partial charge in [0.05, 0.1) is 0 Å². The van der Waals surface area contributed by atoms with E-state index in [-0.39, 0.29) is 3.63 Å². The first-order valence-corrected chi connectivity index (χ1v) is 13.3. The summed E-state index contributed by atoms with van der Waals surface area (Å²) in [7, 11) is 0. The van der Waals surface area contributed by atoms with E-state index in [0.717, 1.165) is 17.2 Å². The molecule has 3 aromatic rings. The third-order valence-electron chi connectivity index (χ3n) is 4.17. The van der Waals surface area contributed by atoms with Crippen molar-refractivity contribution < 1.29 is 30.0 Å². The molecule has 0 fully saturated rings. The molecule has 0 saturated heterocycles. The summed E-state index contributed by atoms with van der Waals surface area (Å²) >= 11 is -4.22. The Morgan fingerprint density at radius 3 is 1.15 bits per heavy atom. The predicted octanol–water partition coefficient (Wildman–Crippen LogP) is 6.04.